The van der Waals surface area contributed by atoms with Gasteiger partial charge in [-0.1, -0.05) is 6.07 Å². The summed E-state index contributed by atoms with van der Waals surface area (Å²) in [4.78, 5) is 11.3. The lowest BCUT2D eigenvalue weighted by atomic mass is 10.1. The Labute approximate surface area is 123 Å². The number of benzene rings is 1. The van der Waals surface area contributed by atoms with Crippen molar-refractivity contribution in [2.45, 2.75) is 13.0 Å². The van der Waals surface area contributed by atoms with Crippen LogP contribution in [0.15, 0.2) is 30.5 Å². The van der Waals surface area contributed by atoms with Crippen LogP contribution in [0.5, 0.6) is 5.75 Å². The minimum absolute atomic E-state index is 0.0919. The molecule has 110 valence electrons. The molecule has 2 heterocycles. The molecule has 0 spiro atoms. The van der Waals surface area contributed by atoms with Crippen LogP contribution in [0.25, 0.3) is 0 Å². The van der Waals surface area contributed by atoms with Gasteiger partial charge >= 0.3 is 0 Å². The predicted molar refractivity (Wildman–Crippen MR) is 79.2 cm³/mol. The van der Waals surface area contributed by atoms with E-state index < -0.39 is 0 Å². The van der Waals surface area contributed by atoms with E-state index in [1.165, 1.54) is 0 Å². The number of nitrogens with one attached hydrogen (secondary N) is 2. The fraction of sp³-hybridized carbons (Fsp3) is 0.333. The van der Waals surface area contributed by atoms with E-state index in [4.69, 9.17) is 4.74 Å². The highest BCUT2D eigenvalue weighted by Crippen LogP contribution is 2.28. The molecule has 0 fully saturated rings. The number of aryl methyl sites for hydroxylation is 1. The first kappa shape index (κ1) is 13.6. The van der Waals surface area contributed by atoms with Crippen LogP contribution in [-0.2, 0) is 24.8 Å². The minimum Gasteiger partial charge on any atom is -0.482 e. The lowest BCUT2D eigenvalue weighted by Gasteiger charge is -2.18. The first-order valence-electron chi connectivity index (χ1n) is 6.95. The first-order valence-corrected chi connectivity index (χ1v) is 6.95. The van der Waals surface area contributed by atoms with Crippen molar-refractivity contribution in [2.24, 2.45) is 7.05 Å². The number of nitrogens with zero attached hydrogens (tertiary/aromatic N) is 2. The number of hydrogen-bond donors (Lipinski definition) is 2. The van der Waals surface area contributed by atoms with Crippen LogP contribution in [0.4, 0.5) is 5.69 Å². The molecule has 6 nitrogen and oxygen atoms in total. The fourth-order valence-electron chi connectivity index (χ4n) is 2.29. The number of aromatic nitrogens is 2. The molecular formula is C15H18N4O2. The number of carbonyl (C=O) groups is 1. The van der Waals surface area contributed by atoms with Gasteiger partial charge < -0.3 is 15.4 Å². The van der Waals surface area contributed by atoms with Crippen LogP contribution in [0, 0.1) is 0 Å². The quantitative estimate of drug-likeness (QED) is 0.807. The van der Waals surface area contributed by atoms with Crippen LogP contribution in [0.1, 0.15) is 11.3 Å². The topological polar surface area (TPSA) is 68.2 Å². The SMILES string of the molecule is Cn1ccc(CCNCc2ccc3c(c2)NC(=O)CO3)n1. The highest BCUT2D eigenvalue weighted by atomic mass is 16.5. The third-order valence-electron chi connectivity index (χ3n) is 3.33. The molecule has 0 aliphatic carbocycles. The van der Waals surface area contributed by atoms with Crippen molar-refractivity contribution >= 4 is 11.6 Å². The summed E-state index contributed by atoms with van der Waals surface area (Å²) in [6, 6.07) is 7.86. The van der Waals surface area contributed by atoms with Crippen molar-refractivity contribution in [3.63, 3.8) is 0 Å². The van der Waals surface area contributed by atoms with Gasteiger partial charge in [-0.25, -0.2) is 0 Å². The van der Waals surface area contributed by atoms with Crippen LogP contribution in [-0.4, -0.2) is 28.8 Å². The van der Waals surface area contributed by atoms with Gasteiger partial charge in [-0.15, -0.1) is 0 Å². The second-order valence-electron chi connectivity index (χ2n) is 5.07. The smallest absolute Gasteiger partial charge is 0.262 e. The van der Waals surface area contributed by atoms with Gasteiger partial charge in [-0.05, 0) is 23.8 Å². The van der Waals surface area contributed by atoms with Crippen LogP contribution in [0.2, 0.25) is 0 Å². The van der Waals surface area contributed by atoms with Gasteiger partial charge in [0.15, 0.2) is 6.61 Å². The predicted octanol–water partition coefficient (Wildman–Crippen LogP) is 1.08. The molecule has 2 aromatic rings. The number of hydrogen-bond acceptors (Lipinski definition) is 4. The Morgan fingerprint density at radius 2 is 2.33 bits per heavy atom. The molecule has 21 heavy (non-hydrogen) atoms. The molecule has 1 amide bonds. The Hall–Kier alpha value is -2.34. The van der Waals surface area contributed by atoms with Crippen LogP contribution in [0.3, 0.4) is 0 Å². The molecule has 3 rings (SSSR count). The van der Waals surface area contributed by atoms with Crippen molar-refractivity contribution in [2.75, 3.05) is 18.5 Å². The van der Waals surface area contributed by atoms with Gasteiger partial charge in [-0.3, -0.25) is 9.48 Å². The summed E-state index contributed by atoms with van der Waals surface area (Å²) >= 11 is 0. The van der Waals surface area contributed by atoms with E-state index in [2.05, 4.69) is 15.7 Å². The third-order valence-corrected chi connectivity index (χ3v) is 3.33. The summed E-state index contributed by atoms with van der Waals surface area (Å²) in [7, 11) is 1.92. The van der Waals surface area contributed by atoms with Crippen LogP contribution >= 0.6 is 0 Å². The number of fused-ring (bicyclic) bond motifs is 1. The van der Waals surface area contributed by atoms with Crippen molar-refractivity contribution in [1.82, 2.24) is 15.1 Å². The molecule has 1 aromatic carbocycles. The summed E-state index contributed by atoms with van der Waals surface area (Å²) in [6.45, 7) is 1.70. The molecule has 0 bridgehead atoms. The van der Waals surface area contributed by atoms with E-state index in [1.807, 2.05) is 42.2 Å². The van der Waals surface area contributed by atoms with Crippen LogP contribution < -0.4 is 15.4 Å². The Bertz CT molecular complexity index is 651. The standard InChI is InChI=1S/C15H18N4O2/c1-19-7-5-12(18-19)4-6-16-9-11-2-3-14-13(8-11)17-15(20)10-21-14/h2-3,5,7-8,16H,4,6,9-10H2,1H3,(H,17,20). The van der Waals surface area contributed by atoms with Gasteiger partial charge in [0, 0.05) is 32.8 Å². The van der Waals surface area contributed by atoms with E-state index >= 15 is 0 Å². The summed E-state index contributed by atoms with van der Waals surface area (Å²) in [5.41, 5.74) is 2.94. The van der Waals surface area contributed by atoms with Crippen molar-refractivity contribution < 1.29 is 9.53 Å². The molecule has 6 heteroatoms. The zero-order valence-electron chi connectivity index (χ0n) is 11.9. The molecule has 0 atom stereocenters. The average molecular weight is 286 g/mol. The van der Waals surface area contributed by atoms with Gasteiger partial charge in [0.05, 0.1) is 11.4 Å². The maximum atomic E-state index is 11.3. The van der Waals surface area contributed by atoms with Crippen molar-refractivity contribution in [3.05, 3.63) is 41.7 Å². The third kappa shape index (κ3) is 3.41. The first-order chi connectivity index (χ1) is 10.2. The minimum atomic E-state index is -0.109. The summed E-state index contributed by atoms with van der Waals surface area (Å²) in [6.07, 6.45) is 2.84. The lowest BCUT2D eigenvalue weighted by Crippen LogP contribution is -2.25. The molecule has 0 saturated heterocycles. The largest absolute Gasteiger partial charge is 0.482 e. The second kappa shape index (κ2) is 5.97. The number of rotatable bonds is 5. The maximum absolute atomic E-state index is 11.3. The van der Waals surface area contributed by atoms with Gasteiger partial charge in [0.25, 0.3) is 5.91 Å². The number of ether oxygens (including phenoxy) is 1. The second-order valence-corrected chi connectivity index (χ2v) is 5.07. The lowest BCUT2D eigenvalue weighted by molar-refractivity contribution is -0.118. The molecule has 0 saturated carbocycles. The fourth-order valence-corrected chi connectivity index (χ4v) is 2.29. The number of anilines is 1. The summed E-state index contributed by atoms with van der Waals surface area (Å²) in [5, 5.41) is 10.5. The highest BCUT2D eigenvalue weighted by Gasteiger charge is 2.15. The number of amides is 1. The molecular weight excluding hydrogens is 268 g/mol. The molecule has 0 radical (unpaired) electrons. The van der Waals surface area contributed by atoms with E-state index in [9.17, 15) is 4.79 Å². The van der Waals surface area contributed by atoms with Gasteiger partial charge in [0.1, 0.15) is 5.75 Å². The zero-order valence-corrected chi connectivity index (χ0v) is 11.9. The molecule has 1 aliphatic heterocycles. The van der Waals surface area contributed by atoms with Crippen molar-refractivity contribution in [1.29, 1.82) is 0 Å². The molecule has 1 aliphatic rings. The van der Waals surface area contributed by atoms with E-state index in [0.717, 1.165) is 42.2 Å². The van der Waals surface area contributed by atoms with E-state index in [0.29, 0.717) is 0 Å². The normalized spacial score (nSPS) is 13.5. The van der Waals surface area contributed by atoms with Gasteiger partial charge in [0.2, 0.25) is 0 Å². The Morgan fingerprint density at radius 1 is 1.43 bits per heavy atom. The molecule has 2 N–H and O–H groups in total. The van der Waals surface area contributed by atoms with E-state index in [1.54, 1.807) is 0 Å². The van der Waals surface area contributed by atoms with Crippen molar-refractivity contribution in [3.8, 4) is 5.75 Å². The molecule has 1 aromatic heterocycles. The zero-order chi connectivity index (χ0) is 14.7. The Kier molecular flexibility index (Phi) is 3.87. The number of carbonyl (C=O) groups excluding carboxylic acids is 1. The Morgan fingerprint density at radius 3 is 3.14 bits per heavy atom. The molecule has 0 unspecified atom stereocenters. The Balaban J connectivity index is 1.51. The summed E-state index contributed by atoms with van der Waals surface area (Å²) < 4.78 is 7.14. The van der Waals surface area contributed by atoms with E-state index in [-0.39, 0.29) is 12.5 Å². The summed E-state index contributed by atoms with van der Waals surface area (Å²) in [5.74, 6) is 0.620. The monoisotopic (exact) mass is 286 g/mol. The average Bonchev–Trinajstić information content (AvgIpc) is 2.89. The van der Waals surface area contributed by atoms with Gasteiger partial charge in [-0.2, -0.15) is 5.10 Å². The highest BCUT2D eigenvalue weighted by molar-refractivity contribution is 5.95. The maximum Gasteiger partial charge on any atom is 0.262 e.